The second-order valence-electron chi connectivity index (χ2n) is 4.68. The van der Waals surface area contributed by atoms with Crippen molar-refractivity contribution in [2.45, 2.75) is 0 Å². The lowest BCUT2D eigenvalue weighted by atomic mass is 10.3. The number of halogens is 3. The molecule has 0 atom stereocenters. The molecule has 2 aromatic carbocycles. The van der Waals surface area contributed by atoms with Gasteiger partial charge >= 0.3 is 0 Å². The predicted molar refractivity (Wildman–Crippen MR) is 96.5 cm³/mol. The number of anilines is 4. The molecular formula is C16H11Cl3N4. The molecule has 0 aliphatic carbocycles. The zero-order valence-electron chi connectivity index (χ0n) is 11.7. The highest BCUT2D eigenvalue weighted by molar-refractivity contribution is 6.35. The van der Waals surface area contributed by atoms with Crippen LogP contribution in [0, 0.1) is 0 Å². The maximum Gasteiger partial charge on any atom is 0.229 e. The third kappa shape index (κ3) is 4.48. The molecule has 0 saturated carbocycles. The summed E-state index contributed by atoms with van der Waals surface area (Å²) in [7, 11) is 0. The van der Waals surface area contributed by atoms with Crippen molar-refractivity contribution in [3.63, 3.8) is 0 Å². The van der Waals surface area contributed by atoms with Crippen molar-refractivity contribution in [3.05, 3.63) is 69.8 Å². The van der Waals surface area contributed by atoms with Crippen LogP contribution >= 0.6 is 34.8 Å². The second kappa shape index (κ2) is 7.04. The van der Waals surface area contributed by atoms with Crippen LogP contribution < -0.4 is 10.6 Å². The van der Waals surface area contributed by atoms with Gasteiger partial charge in [-0.05, 0) is 48.5 Å². The number of benzene rings is 2. The summed E-state index contributed by atoms with van der Waals surface area (Å²) < 4.78 is 0. The lowest BCUT2D eigenvalue weighted by Gasteiger charge is -2.09. The van der Waals surface area contributed by atoms with Crippen LogP contribution in [-0.2, 0) is 0 Å². The largest absolute Gasteiger partial charge is 0.340 e. The highest BCUT2D eigenvalue weighted by Gasteiger charge is 2.03. The number of hydrogen-bond acceptors (Lipinski definition) is 4. The van der Waals surface area contributed by atoms with Gasteiger partial charge < -0.3 is 10.6 Å². The third-order valence-corrected chi connectivity index (χ3v) is 3.58. The van der Waals surface area contributed by atoms with E-state index in [9.17, 15) is 0 Å². The lowest BCUT2D eigenvalue weighted by molar-refractivity contribution is 1.17. The van der Waals surface area contributed by atoms with Gasteiger partial charge in [0.1, 0.15) is 5.82 Å². The van der Waals surface area contributed by atoms with Crippen molar-refractivity contribution < 1.29 is 0 Å². The molecular weight excluding hydrogens is 355 g/mol. The molecule has 1 heterocycles. The fraction of sp³-hybridized carbons (Fsp3) is 0. The van der Waals surface area contributed by atoms with Gasteiger partial charge in [0, 0.05) is 32.6 Å². The molecule has 0 radical (unpaired) electrons. The van der Waals surface area contributed by atoms with Gasteiger partial charge in [-0.1, -0.05) is 34.8 Å². The highest BCUT2D eigenvalue weighted by Crippen LogP contribution is 2.25. The minimum atomic E-state index is 0.463. The molecule has 1 aromatic heterocycles. The summed E-state index contributed by atoms with van der Waals surface area (Å²) in [6, 6.07) is 14.2. The zero-order chi connectivity index (χ0) is 16.2. The van der Waals surface area contributed by atoms with Crippen molar-refractivity contribution in [2.75, 3.05) is 10.6 Å². The molecule has 0 bridgehead atoms. The Hall–Kier alpha value is -2.01. The average molecular weight is 366 g/mol. The van der Waals surface area contributed by atoms with Gasteiger partial charge in [0.15, 0.2) is 0 Å². The molecule has 3 aromatic rings. The van der Waals surface area contributed by atoms with Gasteiger partial charge in [-0.2, -0.15) is 4.98 Å². The van der Waals surface area contributed by atoms with Crippen LogP contribution in [0.5, 0.6) is 0 Å². The minimum Gasteiger partial charge on any atom is -0.340 e. The van der Waals surface area contributed by atoms with Crippen LogP contribution in [0.1, 0.15) is 0 Å². The molecule has 4 nitrogen and oxygen atoms in total. The average Bonchev–Trinajstić information content (AvgIpc) is 2.49. The molecule has 0 aliphatic heterocycles. The Morgan fingerprint density at radius 3 is 2.09 bits per heavy atom. The number of nitrogens with one attached hydrogen (secondary N) is 2. The van der Waals surface area contributed by atoms with E-state index in [0.29, 0.717) is 26.8 Å². The fourth-order valence-electron chi connectivity index (χ4n) is 1.92. The van der Waals surface area contributed by atoms with Crippen molar-refractivity contribution in [1.82, 2.24) is 9.97 Å². The third-order valence-electron chi connectivity index (χ3n) is 2.89. The molecule has 0 aliphatic rings. The van der Waals surface area contributed by atoms with Crippen LogP contribution in [0.4, 0.5) is 23.1 Å². The van der Waals surface area contributed by atoms with Gasteiger partial charge in [-0.3, -0.25) is 0 Å². The Morgan fingerprint density at radius 1 is 0.696 bits per heavy atom. The van der Waals surface area contributed by atoms with Crippen molar-refractivity contribution in [1.29, 1.82) is 0 Å². The summed E-state index contributed by atoms with van der Waals surface area (Å²) >= 11 is 17.8. The SMILES string of the molecule is Clc1ccc(Nc2nccc(Nc3cc(Cl)cc(Cl)c3)n2)cc1. The second-order valence-corrected chi connectivity index (χ2v) is 5.99. The Kier molecular flexibility index (Phi) is 4.86. The molecule has 2 N–H and O–H groups in total. The normalized spacial score (nSPS) is 10.4. The molecule has 0 saturated heterocycles. The summed E-state index contributed by atoms with van der Waals surface area (Å²) in [6.07, 6.45) is 1.65. The highest BCUT2D eigenvalue weighted by atomic mass is 35.5. The molecule has 0 unspecified atom stereocenters. The standard InChI is InChI=1S/C16H11Cl3N4/c17-10-1-3-13(4-2-10)22-16-20-6-5-15(23-16)21-14-8-11(18)7-12(19)9-14/h1-9H,(H2,20,21,22,23). The molecule has 0 amide bonds. The van der Waals surface area contributed by atoms with Crippen LogP contribution in [0.2, 0.25) is 15.1 Å². The fourth-order valence-corrected chi connectivity index (χ4v) is 2.58. The lowest BCUT2D eigenvalue weighted by Crippen LogP contribution is -2.00. The molecule has 3 rings (SSSR count). The summed E-state index contributed by atoms with van der Waals surface area (Å²) in [5, 5.41) is 8.02. The van der Waals surface area contributed by atoms with E-state index in [2.05, 4.69) is 20.6 Å². The first-order chi connectivity index (χ1) is 11.1. The van der Waals surface area contributed by atoms with E-state index in [-0.39, 0.29) is 0 Å². The summed E-state index contributed by atoms with van der Waals surface area (Å²) in [6.45, 7) is 0. The minimum absolute atomic E-state index is 0.463. The molecule has 7 heteroatoms. The van der Waals surface area contributed by atoms with Gasteiger partial charge in [-0.15, -0.1) is 0 Å². The van der Waals surface area contributed by atoms with Gasteiger partial charge in [0.05, 0.1) is 0 Å². The number of hydrogen-bond donors (Lipinski definition) is 2. The molecule has 23 heavy (non-hydrogen) atoms. The van der Waals surface area contributed by atoms with E-state index in [0.717, 1.165) is 11.4 Å². The van der Waals surface area contributed by atoms with Crippen LogP contribution in [0.15, 0.2) is 54.7 Å². The van der Waals surface area contributed by atoms with Crippen LogP contribution in [-0.4, -0.2) is 9.97 Å². The summed E-state index contributed by atoms with van der Waals surface area (Å²) in [4.78, 5) is 8.58. The van der Waals surface area contributed by atoms with E-state index in [4.69, 9.17) is 34.8 Å². The Labute approximate surface area is 148 Å². The summed E-state index contributed by atoms with van der Waals surface area (Å²) in [5.74, 6) is 1.08. The van der Waals surface area contributed by atoms with Crippen LogP contribution in [0.25, 0.3) is 0 Å². The number of nitrogens with zero attached hydrogens (tertiary/aromatic N) is 2. The first kappa shape index (κ1) is 15.9. The van der Waals surface area contributed by atoms with Gasteiger partial charge in [-0.25, -0.2) is 4.98 Å². The number of rotatable bonds is 4. The van der Waals surface area contributed by atoms with Crippen molar-refractivity contribution in [2.24, 2.45) is 0 Å². The first-order valence-corrected chi connectivity index (χ1v) is 7.81. The van der Waals surface area contributed by atoms with E-state index < -0.39 is 0 Å². The Balaban J connectivity index is 1.78. The predicted octanol–water partition coefficient (Wildman–Crippen LogP) is 5.92. The van der Waals surface area contributed by atoms with E-state index >= 15 is 0 Å². The maximum absolute atomic E-state index is 5.99. The van der Waals surface area contributed by atoms with Gasteiger partial charge in [0.2, 0.25) is 5.95 Å². The molecule has 116 valence electrons. The summed E-state index contributed by atoms with van der Waals surface area (Å²) in [5.41, 5.74) is 1.59. The van der Waals surface area contributed by atoms with E-state index in [1.807, 2.05) is 12.1 Å². The monoisotopic (exact) mass is 364 g/mol. The van der Waals surface area contributed by atoms with Crippen molar-refractivity contribution >= 4 is 57.9 Å². The van der Waals surface area contributed by atoms with E-state index in [1.165, 1.54) is 0 Å². The Morgan fingerprint density at radius 2 is 1.39 bits per heavy atom. The van der Waals surface area contributed by atoms with Crippen molar-refractivity contribution in [3.8, 4) is 0 Å². The quantitative estimate of drug-likeness (QED) is 0.602. The zero-order valence-corrected chi connectivity index (χ0v) is 14.0. The van der Waals surface area contributed by atoms with Crippen LogP contribution in [0.3, 0.4) is 0 Å². The van der Waals surface area contributed by atoms with E-state index in [1.54, 1.807) is 42.6 Å². The topological polar surface area (TPSA) is 49.8 Å². The Bertz CT molecular complexity index is 802. The first-order valence-electron chi connectivity index (χ1n) is 6.67. The molecule has 0 spiro atoms. The number of aromatic nitrogens is 2. The maximum atomic E-state index is 5.99. The molecule has 0 fully saturated rings. The van der Waals surface area contributed by atoms with Gasteiger partial charge in [0.25, 0.3) is 0 Å². The smallest absolute Gasteiger partial charge is 0.229 e.